The fraction of sp³-hybridized carbons (Fsp3) is 0.200. The van der Waals surface area contributed by atoms with Crippen molar-refractivity contribution in [2.24, 2.45) is 5.73 Å². The number of rotatable bonds is 4. The lowest BCUT2D eigenvalue weighted by Gasteiger charge is -2.13. The highest BCUT2D eigenvalue weighted by atomic mass is 19.1. The van der Waals surface area contributed by atoms with Crippen LogP contribution in [0, 0.1) is 5.82 Å². The van der Waals surface area contributed by atoms with Crippen LogP contribution < -0.4 is 10.5 Å². The number of methoxy groups -OCH3 is 1. The Labute approximate surface area is 106 Å². The fourth-order valence-electron chi connectivity index (χ4n) is 1.91. The molecule has 0 radical (unpaired) electrons. The van der Waals surface area contributed by atoms with Crippen molar-refractivity contribution in [3.63, 3.8) is 0 Å². The normalized spacial score (nSPS) is 12.2. The van der Waals surface area contributed by atoms with Gasteiger partial charge in [0, 0.05) is 6.04 Å². The van der Waals surface area contributed by atoms with E-state index in [1.807, 2.05) is 30.3 Å². The Morgan fingerprint density at radius 1 is 1.17 bits per heavy atom. The first kappa shape index (κ1) is 12.6. The van der Waals surface area contributed by atoms with Gasteiger partial charge in [0.2, 0.25) is 0 Å². The van der Waals surface area contributed by atoms with Gasteiger partial charge >= 0.3 is 0 Å². The molecule has 0 saturated carbocycles. The van der Waals surface area contributed by atoms with Crippen molar-refractivity contribution >= 4 is 0 Å². The van der Waals surface area contributed by atoms with E-state index in [9.17, 15) is 4.39 Å². The number of hydrogen-bond donors (Lipinski definition) is 1. The molecule has 0 aliphatic rings. The molecule has 2 N–H and O–H groups in total. The van der Waals surface area contributed by atoms with E-state index < -0.39 is 0 Å². The Morgan fingerprint density at radius 2 is 1.94 bits per heavy atom. The summed E-state index contributed by atoms with van der Waals surface area (Å²) in [5.41, 5.74) is 7.96. The molecule has 2 aromatic carbocycles. The van der Waals surface area contributed by atoms with E-state index in [1.165, 1.54) is 12.1 Å². The maximum Gasteiger partial charge on any atom is 0.123 e. The minimum atomic E-state index is -0.256. The van der Waals surface area contributed by atoms with Crippen LogP contribution in [0.15, 0.2) is 48.5 Å². The van der Waals surface area contributed by atoms with Gasteiger partial charge in [0.05, 0.1) is 7.11 Å². The second-order valence-corrected chi connectivity index (χ2v) is 4.22. The summed E-state index contributed by atoms with van der Waals surface area (Å²) in [7, 11) is 1.63. The topological polar surface area (TPSA) is 35.2 Å². The molecule has 0 saturated heterocycles. The van der Waals surface area contributed by atoms with Gasteiger partial charge in [-0.1, -0.05) is 24.3 Å². The lowest BCUT2D eigenvalue weighted by molar-refractivity contribution is 0.414. The van der Waals surface area contributed by atoms with Gasteiger partial charge in [0.25, 0.3) is 0 Å². The van der Waals surface area contributed by atoms with Crippen LogP contribution >= 0.6 is 0 Å². The van der Waals surface area contributed by atoms with E-state index in [0.717, 1.165) is 16.9 Å². The molecule has 2 nitrogen and oxygen atoms in total. The summed E-state index contributed by atoms with van der Waals surface area (Å²) in [6, 6.07) is 13.9. The monoisotopic (exact) mass is 245 g/mol. The summed E-state index contributed by atoms with van der Waals surface area (Å²) in [6.45, 7) is 0. The minimum Gasteiger partial charge on any atom is -0.497 e. The van der Waals surface area contributed by atoms with Gasteiger partial charge in [-0.05, 0) is 41.8 Å². The zero-order chi connectivity index (χ0) is 13.0. The second kappa shape index (κ2) is 5.65. The third-order valence-electron chi connectivity index (χ3n) is 2.87. The summed E-state index contributed by atoms with van der Waals surface area (Å²) in [5, 5.41) is 0. The Morgan fingerprint density at radius 3 is 2.67 bits per heavy atom. The van der Waals surface area contributed by atoms with Crippen molar-refractivity contribution in [2.75, 3.05) is 7.11 Å². The Balaban J connectivity index is 2.13. The van der Waals surface area contributed by atoms with Gasteiger partial charge in [-0.15, -0.1) is 0 Å². The standard InChI is InChI=1S/C15H16FNO/c1-18-14-7-2-4-11(8-14)9-15(17)12-5-3-6-13(16)10-12/h2-8,10,15H,9,17H2,1H3. The molecule has 0 fully saturated rings. The fourth-order valence-corrected chi connectivity index (χ4v) is 1.91. The van der Waals surface area contributed by atoms with E-state index in [-0.39, 0.29) is 11.9 Å². The van der Waals surface area contributed by atoms with Gasteiger partial charge in [-0.25, -0.2) is 4.39 Å². The highest BCUT2D eigenvalue weighted by Gasteiger charge is 2.08. The summed E-state index contributed by atoms with van der Waals surface area (Å²) in [4.78, 5) is 0. The van der Waals surface area contributed by atoms with Crippen LogP contribution in [-0.4, -0.2) is 7.11 Å². The van der Waals surface area contributed by atoms with Crippen LogP contribution in [0.5, 0.6) is 5.75 Å². The van der Waals surface area contributed by atoms with Crippen LogP contribution in [0.25, 0.3) is 0 Å². The van der Waals surface area contributed by atoms with Crippen LogP contribution in [0.3, 0.4) is 0 Å². The van der Waals surface area contributed by atoms with Crippen molar-refractivity contribution in [1.29, 1.82) is 0 Å². The molecule has 2 rings (SSSR count). The van der Waals surface area contributed by atoms with Crippen LogP contribution in [0.4, 0.5) is 4.39 Å². The highest BCUT2D eigenvalue weighted by Crippen LogP contribution is 2.19. The number of hydrogen-bond acceptors (Lipinski definition) is 2. The number of ether oxygens (including phenoxy) is 1. The minimum absolute atomic E-state index is 0.215. The first-order valence-corrected chi connectivity index (χ1v) is 5.83. The number of halogens is 1. The predicted octanol–water partition coefficient (Wildman–Crippen LogP) is 3.08. The zero-order valence-corrected chi connectivity index (χ0v) is 10.3. The maximum absolute atomic E-state index is 13.1. The van der Waals surface area contributed by atoms with E-state index in [1.54, 1.807) is 13.2 Å². The molecule has 0 amide bonds. The predicted molar refractivity (Wildman–Crippen MR) is 70.0 cm³/mol. The summed E-state index contributed by atoms with van der Waals surface area (Å²) >= 11 is 0. The van der Waals surface area contributed by atoms with E-state index in [4.69, 9.17) is 10.5 Å². The summed E-state index contributed by atoms with van der Waals surface area (Å²) in [5.74, 6) is 0.549. The third-order valence-corrected chi connectivity index (χ3v) is 2.87. The Bertz CT molecular complexity index is 527. The Kier molecular flexibility index (Phi) is 3.95. The molecule has 0 heterocycles. The molecule has 0 aliphatic carbocycles. The molecule has 18 heavy (non-hydrogen) atoms. The average molecular weight is 245 g/mol. The number of benzene rings is 2. The zero-order valence-electron chi connectivity index (χ0n) is 10.3. The van der Waals surface area contributed by atoms with Gasteiger partial charge < -0.3 is 10.5 Å². The van der Waals surface area contributed by atoms with Crippen molar-refractivity contribution < 1.29 is 9.13 Å². The average Bonchev–Trinajstić information content (AvgIpc) is 2.39. The van der Waals surface area contributed by atoms with Crippen molar-refractivity contribution in [2.45, 2.75) is 12.5 Å². The molecular weight excluding hydrogens is 229 g/mol. The van der Waals surface area contributed by atoms with E-state index in [0.29, 0.717) is 6.42 Å². The van der Waals surface area contributed by atoms with Gasteiger partial charge in [-0.2, -0.15) is 0 Å². The molecule has 3 heteroatoms. The molecule has 1 atom stereocenters. The molecular formula is C15H16FNO. The van der Waals surface area contributed by atoms with Crippen LogP contribution in [0.1, 0.15) is 17.2 Å². The van der Waals surface area contributed by atoms with E-state index in [2.05, 4.69) is 0 Å². The van der Waals surface area contributed by atoms with Crippen LogP contribution in [-0.2, 0) is 6.42 Å². The quantitative estimate of drug-likeness (QED) is 0.898. The van der Waals surface area contributed by atoms with E-state index >= 15 is 0 Å². The molecule has 0 aromatic heterocycles. The first-order chi connectivity index (χ1) is 8.69. The Hall–Kier alpha value is -1.87. The SMILES string of the molecule is COc1cccc(CC(N)c2cccc(F)c2)c1. The molecule has 94 valence electrons. The second-order valence-electron chi connectivity index (χ2n) is 4.22. The smallest absolute Gasteiger partial charge is 0.123 e. The van der Waals surface area contributed by atoms with Crippen molar-refractivity contribution in [3.8, 4) is 5.75 Å². The summed E-state index contributed by atoms with van der Waals surface area (Å²) < 4.78 is 18.3. The molecule has 0 spiro atoms. The highest BCUT2D eigenvalue weighted by molar-refractivity contribution is 5.30. The largest absolute Gasteiger partial charge is 0.497 e. The summed E-state index contributed by atoms with van der Waals surface area (Å²) in [6.07, 6.45) is 0.653. The van der Waals surface area contributed by atoms with Crippen molar-refractivity contribution in [3.05, 3.63) is 65.5 Å². The van der Waals surface area contributed by atoms with Gasteiger partial charge in [-0.3, -0.25) is 0 Å². The van der Waals surface area contributed by atoms with Crippen LogP contribution in [0.2, 0.25) is 0 Å². The first-order valence-electron chi connectivity index (χ1n) is 5.83. The van der Waals surface area contributed by atoms with Gasteiger partial charge in [0.15, 0.2) is 0 Å². The van der Waals surface area contributed by atoms with Crippen molar-refractivity contribution in [1.82, 2.24) is 0 Å². The number of nitrogens with two attached hydrogens (primary N) is 1. The third kappa shape index (κ3) is 3.08. The molecule has 1 unspecified atom stereocenters. The maximum atomic E-state index is 13.1. The molecule has 0 bridgehead atoms. The van der Waals surface area contributed by atoms with Gasteiger partial charge in [0.1, 0.15) is 11.6 Å². The molecule has 0 aliphatic heterocycles. The molecule has 2 aromatic rings. The lowest BCUT2D eigenvalue weighted by Crippen LogP contribution is -2.13. The lowest BCUT2D eigenvalue weighted by atomic mass is 9.99.